The monoisotopic (exact) mass is 279 g/mol. The molecule has 1 amide bonds. The van der Waals surface area contributed by atoms with Crippen molar-refractivity contribution in [2.45, 2.75) is 25.8 Å². The lowest BCUT2D eigenvalue weighted by atomic mass is 10.0. The van der Waals surface area contributed by atoms with Crippen molar-refractivity contribution in [2.24, 2.45) is 0 Å². The lowest BCUT2D eigenvalue weighted by Crippen LogP contribution is -2.23. The van der Waals surface area contributed by atoms with Crippen molar-refractivity contribution < 1.29 is 14.5 Å². The maximum absolute atomic E-state index is 11.3. The number of nitrogens with one attached hydrogen (secondary N) is 2. The van der Waals surface area contributed by atoms with Gasteiger partial charge >= 0.3 is 0 Å². The third-order valence-corrected chi connectivity index (χ3v) is 3.13. The van der Waals surface area contributed by atoms with E-state index in [1.165, 1.54) is 6.07 Å². The second-order valence-corrected chi connectivity index (χ2v) is 4.83. The van der Waals surface area contributed by atoms with Crippen molar-refractivity contribution >= 4 is 23.0 Å². The molecule has 1 unspecified atom stereocenters. The lowest BCUT2D eigenvalue weighted by Gasteiger charge is -2.20. The summed E-state index contributed by atoms with van der Waals surface area (Å²) in [5.74, 6) is -0.111. The molecule has 1 atom stereocenters. The number of methoxy groups -OCH3 is 1. The van der Waals surface area contributed by atoms with Crippen LogP contribution in [0.5, 0.6) is 0 Å². The Kier molecular flexibility index (Phi) is 4.19. The molecule has 0 radical (unpaired) electrons. The number of aryl methyl sites for hydroxylation is 1. The molecule has 7 heteroatoms. The molecule has 108 valence electrons. The summed E-state index contributed by atoms with van der Waals surface area (Å²) in [5.41, 5.74) is 1.84. The summed E-state index contributed by atoms with van der Waals surface area (Å²) in [5, 5.41) is 16.9. The molecule has 20 heavy (non-hydrogen) atoms. The van der Waals surface area contributed by atoms with Crippen LogP contribution in [0.4, 0.5) is 17.1 Å². The minimum atomic E-state index is -0.455. The van der Waals surface area contributed by atoms with E-state index < -0.39 is 4.92 Å². The van der Waals surface area contributed by atoms with Crippen molar-refractivity contribution in [3.63, 3.8) is 0 Å². The Morgan fingerprint density at radius 1 is 1.50 bits per heavy atom. The van der Waals surface area contributed by atoms with Gasteiger partial charge in [0.15, 0.2) is 0 Å². The molecule has 0 spiro atoms. The maximum Gasteiger partial charge on any atom is 0.294 e. The van der Waals surface area contributed by atoms with Gasteiger partial charge in [-0.1, -0.05) is 0 Å². The van der Waals surface area contributed by atoms with Gasteiger partial charge in [0.25, 0.3) is 5.69 Å². The fourth-order valence-electron chi connectivity index (χ4n) is 2.24. The van der Waals surface area contributed by atoms with Gasteiger partial charge < -0.3 is 15.4 Å². The Bertz CT molecular complexity index is 545. The summed E-state index contributed by atoms with van der Waals surface area (Å²) in [6, 6.07) is 3.10. The third-order valence-electron chi connectivity index (χ3n) is 3.13. The summed E-state index contributed by atoms with van der Waals surface area (Å²) in [7, 11) is 1.58. The van der Waals surface area contributed by atoms with Crippen LogP contribution >= 0.6 is 0 Å². The van der Waals surface area contributed by atoms with E-state index in [1.807, 2.05) is 6.92 Å². The normalized spacial score (nSPS) is 15.2. The fraction of sp³-hybridized carbons (Fsp3) is 0.462. The van der Waals surface area contributed by atoms with Crippen LogP contribution in [0.25, 0.3) is 0 Å². The second kappa shape index (κ2) is 5.87. The largest absolute Gasteiger partial charge is 0.383 e. The number of hydrogen-bond donors (Lipinski definition) is 2. The van der Waals surface area contributed by atoms with Gasteiger partial charge in [-0.2, -0.15) is 0 Å². The van der Waals surface area contributed by atoms with Crippen LogP contribution in [-0.2, 0) is 16.0 Å². The van der Waals surface area contributed by atoms with Gasteiger partial charge in [0.2, 0.25) is 5.91 Å². The first-order chi connectivity index (χ1) is 9.51. The Hall–Kier alpha value is -2.15. The molecule has 1 aromatic rings. The molecule has 7 nitrogen and oxygen atoms in total. The number of fused-ring (bicyclic) bond motifs is 1. The molecular formula is C13H17N3O4. The molecular weight excluding hydrogens is 262 g/mol. The number of hydrogen-bond acceptors (Lipinski definition) is 5. The Morgan fingerprint density at radius 3 is 2.90 bits per heavy atom. The summed E-state index contributed by atoms with van der Waals surface area (Å²) in [6.45, 7) is 2.33. The molecule has 0 fully saturated rings. The summed E-state index contributed by atoms with van der Waals surface area (Å²) in [6.07, 6.45) is 0.990. The number of carbonyl (C=O) groups excluding carboxylic acids is 1. The van der Waals surface area contributed by atoms with Gasteiger partial charge in [-0.3, -0.25) is 14.9 Å². The van der Waals surface area contributed by atoms with E-state index in [9.17, 15) is 14.9 Å². The molecule has 0 bridgehead atoms. The smallest absolute Gasteiger partial charge is 0.294 e. The van der Waals surface area contributed by atoms with Gasteiger partial charge in [0.1, 0.15) is 5.69 Å². The summed E-state index contributed by atoms with van der Waals surface area (Å²) < 4.78 is 5.01. The molecule has 0 aliphatic carbocycles. The first kappa shape index (κ1) is 14.3. The Morgan fingerprint density at radius 2 is 2.25 bits per heavy atom. The minimum Gasteiger partial charge on any atom is -0.383 e. The van der Waals surface area contributed by atoms with Crippen LogP contribution in [0, 0.1) is 10.1 Å². The lowest BCUT2D eigenvalue weighted by molar-refractivity contribution is -0.383. The van der Waals surface area contributed by atoms with Crippen LogP contribution in [0.3, 0.4) is 0 Å². The highest BCUT2D eigenvalue weighted by molar-refractivity contribution is 5.95. The quantitative estimate of drug-likeness (QED) is 0.634. The van der Waals surface area contributed by atoms with E-state index in [0.717, 1.165) is 5.56 Å². The summed E-state index contributed by atoms with van der Waals surface area (Å²) in [4.78, 5) is 22.0. The van der Waals surface area contributed by atoms with Crippen molar-refractivity contribution in [1.29, 1.82) is 0 Å². The number of carbonyl (C=O) groups is 1. The number of amides is 1. The zero-order valence-corrected chi connectivity index (χ0v) is 11.4. The van der Waals surface area contributed by atoms with Gasteiger partial charge in [-0.05, 0) is 25.0 Å². The highest BCUT2D eigenvalue weighted by Gasteiger charge is 2.23. The number of benzene rings is 1. The van der Waals surface area contributed by atoms with Crippen molar-refractivity contribution in [1.82, 2.24) is 0 Å². The zero-order chi connectivity index (χ0) is 14.7. The van der Waals surface area contributed by atoms with Crippen LogP contribution in [-0.4, -0.2) is 30.6 Å². The topological polar surface area (TPSA) is 93.5 Å². The van der Waals surface area contributed by atoms with Crippen molar-refractivity contribution in [3.8, 4) is 0 Å². The number of ether oxygens (including phenoxy) is 1. The van der Waals surface area contributed by atoms with Crippen LogP contribution < -0.4 is 10.6 Å². The first-order valence-corrected chi connectivity index (χ1v) is 6.38. The Labute approximate surface area is 116 Å². The zero-order valence-electron chi connectivity index (χ0n) is 11.4. The molecule has 0 aromatic heterocycles. The molecule has 1 aromatic carbocycles. The number of nitro groups is 1. The van der Waals surface area contributed by atoms with E-state index in [0.29, 0.717) is 30.8 Å². The van der Waals surface area contributed by atoms with Crippen molar-refractivity contribution in [3.05, 3.63) is 27.8 Å². The van der Waals surface area contributed by atoms with Gasteiger partial charge in [-0.15, -0.1) is 0 Å². The van der Waals surface area contributed by atoms with Crippen LogP contribution in [0.1, 0.15) is 18.9 Å². The minimum absolute atomic E-state index is 0.0464. The van der Waals surface area contributed by atoms with E-state index in [2.05, 4.69) is 10.6 Å². The molecule has 0 saturated heterocycles. The number of nitrogens with zero attached hydrogens (tertiary/aromatic N) is 1. The summed E-state index contributed by atoms with van der Waals surface area (Å²) >= 11 is 0. The van der Waals surface area contributed by atoms with Gasteiger partial charge in [-0.25, -0.2) is 0 Å². The third kappa shape index (κ3) is 3.05. The SMILES string of the molecule is COCC(C)Nc1cc2c(cc1[N+](=O)[O-])NC(=O)CC2. The highest BCUT2D eigenvalue weighted by atomic mass is 16.6. The highest BCUT2D eigenvalue weighted by Crippen LogP contribution is 2.34. The average molecular weight is 279 g/mol. The van der Waals surface area contributed by atoms with E-state index in [-0.39, 0.29) is 17.6 Å². The molecule has 1 aliphatic heterocycles. The van der Waals surface area contributed by atoms with Crippen LogP contribution in [0.2, 0.25) is 0 Å². The van der Waals surface area contributed by atoms with E-state index in [4.69, 9.17) is 4.74 Å². The second-order valence-electron chi connectivity index (χ2n) is 4.83. The first-order valence-electron chi connectivity index (χ1n) is 6.38. The molecule has 2 rings (SSSR count). The van der Waals surface area contributed by atoms with Crippen molar-refractivity contribution in [2.75, 3.05) is 24.4 Å². The number of nitro benzene ring substituents is 1. The molecule has 2 N–H and O–H groups in total. The molecule has 1 aliphatic rings. The predicted octanol–water partition coefficient (Wildman–Crippen LogP) is 1.93. The average Bonchev–Trinajstić information content (AvgIpc) is 2.38. The molecule has 0 saturated carbocycles. The fourth-order valence-corrected chi connectivity index (χ4v) is 2.24. The number of anilines is 2. The van der Waals surface area contributed by atoms with Gasteiger partial charge in [0, 0.05) is 25.6 Å². The Balaban J connectivity index is 2.35. The van der Waals surface area contributed by atoms with Crippen LogP contribution in [0.15, 0.2) is 12.1 Å². The standard InChI is InChI=1S/C13H17N3O4/c1-8(7-20-2)14-11-5-9-3-4-13(17)15-10(9)6-12(11)16(18)19/h5-6,8,14H,3-4,7H2,1-2H3,(H,15,17). The maximum atomic E-state index is 11.3. The molecule has 1 heterocycles. The predicted molar refractivity (Wildman–Crippen MR) is 75.0 cm³/mol. The van der Waals surface area contributed by atoms with Gasteiger partial charge in [0.05, 0.1) is 17.2 Å². The number of rotatable bonds is 5. The van der Waals surface area contributed by atoms with E-state index >= 15 is 0 Å². The van der Waals surface area contributed by atoms with E-state index in [1.54, 1.807) is 13.2 Å².